The van der Waals surface area contributed by atoms with Crippen LogP contribution in [0.2, 0.25) is 0 Å². The molecular formula is C19H21ClF2N2O2. The first-order valence-corrected chi connectivity index (χ1v) is 8.21. The van der Waals surface area contributed by atoms with Crippen molar-refractivity contribution in [1.29, 1.82) is 0 Å². The molecule has 0 radical (unpaired) electrons. The molecule has 1 saturated heterocycles. The number of carbonyl (C=O) groups is 1. The van der Waals surface area contributed by atoms with E-state index in [4.69, 9.17) is 10.5 Å². The minimum atomic E-state index is -0.714. The zero-order valence-corrected chi connectivity index (χ0v) is 15.2. The summed E-state index contributed by atoms with van der Waals surface area (Å²) in [5, 5.41) is 0. The molecule has 3 rings (SSSR count). The van der Waals surface area contributed by atoms with Crippen molar-refractivity contribution in [2.75, 3.05) is 18.8 Å². The third-order valence-electron chi connectivity index (χ3n) is 4.41. The number of piperidine rings is 1. The van der Waals surface area contributed by atoms with Crippen molar-refractivity contribution in [3.63, 3.8) is 0 Å². The van der Waals surface area contributed by atoms with Crippen molar-refractivity contribution >= 4 is 24.0 Å². The first-order valence-electron chi connectivity index (χ1n) is 8.21. The fourth-order valence-electron chi connectivity index (χ4n) is 2.97. The number of aryl methyl sites for hydroxylation is 1. The predicted molar refractivity (Wildman–Crippen MR) is 98.8 cm³/mol. The van der Waals surface area contributed by atoms with E-state index in [1.807, 2.05) is 13.0 Å². The summed E-state index contributed by atoms with van der Waals surface area (Å²) in [6.45, 7) is 2.90. The summed E-state index contributed by atoms with van der Waals surface area (Å²) >= 11 is 0. The van der Waals surface area contributed by atoms with Gasteiger partial charge in [0, 0.05) is 43.2 Å². The zero-order chi connectivity index (χ0) is 18.0. The van der Waals surface area contributed by atoms with Gasteiger partial charge >= 0.3 is 0 Å². The normalized spacial score (nSPS) is 14.7. The number of nitrogens with zero attached hydrogens (tertiary/aromatic N) is 1. The van der Waals surface area contributed by atoms with Gasteiger partial charge < -0.3 is 15.4 Å². The lowest BCUT2D eigenvalue weighted by molar-refractivity contribution is 0.0587. The fraction of sp³-hybridized carbons (Fsp3) is 0.316. The molecule has 4 nitrogen and oxygen atoms in total. The van der Waals surface area contributed by atoms with Gasteiger partial charge in [0.2, 0.25) is 0 Å². The lowest BCUT2D eigenvalue weighted by atomic mass is 10.0. The van der Waals surface area contributed by atoms with Gasteiger partial charge in [0.05, 0.1) is 0 Å². The van der Waals surface area contributed by atoms with Crippen LogP contribution in [0.5, 0.6) is 5.75 Å². The Bertz CT molecular complexity index is 793. The Hall–Kier alpha value is -2.34. The molecule has 140 valence electrons. The maximum absolute atomic E-state index is 13.7. The van der Waals surface area contributed by atoms with Crippen LogP contribution >= 0.6 is 12.4 Å². The van der Waals surface area contributed by atoms with Gasteiger partial charge in [-0.2, -0.15) is 0 Å². The molecule has 0 aliphatic carbocycles. The molecule has 2 aromatic carbocycles. The van der Waals surface area contributed by atoms with Crippen LogP contribution < -0.4 is 10.5 Å². The summed E-state index contributed by atoms with van der Waals surface area (Å²) in [6, 6.07) is 8.54. The van der Waals surface area contributed by atoms with E-state index in [2.05, 4.69) is 0 Å². The van der Waals surface area contributed by atoms with Gasteiger partial charge in [0.25, 0.3) is 5.91 Å². The van der Waals surface area contributed by atoms with E-state index in [0.29, 0.717) is 37.2 Å². The number of nitrogen functional groups attached to an aromatic ring is 1. The van der Waals surface area contributed by atoms with E-state index in [1.54, 1.807) is 17.0 Å². The number of amides is 1. The Morgan fingerprint density at radius 2 is 1.85 bits per heavy atom. The SMILES string of the molecule is Cc1ccc(N)cc1C(=O)N1CCC(Oc2ccc(F)cc2F)CC1.Cl. The quantitative estimate of drug-likeness (QED) is 0.817. The molecular weight excluding hydrogens is 362 g/mol. The molecule has 0 bridgehead atoms. The van der Waals surface area contributed by atoms with Gasteiger partial charge in [0.1, 0.15) is 11.9 Å². The molecule has 1 amide bonds. The van der Waals surface area contributed by atoms with E-state index in [-0.39, 0.29) is 30.2 Å². The van der Waals surface area contributed by atoms with Crippen LogP contribution in [-0.4, -0.2) is 30.0 Å². The number of nitrogens with two attached hydrogens (primary N) is 1. The van der Waals surface area contributed by atoms with Crippen molar-refractivity contribution in [3.05, 3.63) is 59.2 Å². The topological polar surface area (TPSA) is 55.6 Å². The summed E-state index contributed by atoms with van der Waals surface area (Å²) < 4.78 is 32.2. The molecule has 0 aromatic heterocycles. The second kappa shape index (κ2) is 8.36. The number of carbonyl (C=O) groups excluding carboxylic acids is 1. The number of likely N-dealkylation sites (tertiary alicyclic amines) is 1. The average Bonchev–Trinajstić information content (AvgIpc) is 2.59. The average molecular weight is 383 g/mol. The van der Waals surface area contributed by atoms with E-state index in [9.17, 15) is 13.6 Å². The van der Waals surface area contributed by atoms with Crippen molar-refractivity contribution in [2.24, 2.45) is 0 Å². The Labute approximate surface area is 157 Å². The molecule has 1 aliphatic rings. The maximum Gasteiger partial charge on any atom is 0.254 e. The third kappa shape index (κ3) is 4.43. The maximum atomic E-state index is 13.7. The largest absolute Gasteiger partial charge is 0.487 e. The van der Waals surface area contributed by atoms with Crippen LogP contribution in [0.3, 0.4) is 0 Å². The van der Waals surface area contributed by atoms with Gasteiger partial charge in [-0.05, 0) is 36.8 Å². The van der Waals surface area contributed by atoms with Crippen molar-refractivity contribution in [2.45, 2.75) is 25.9 Å². The molecule has 0 atom stereocenters. The van der Waals surface area contributed by atoms with Gasteiger partial charge in [-0.1, -0.05) is 6.07 Å². The smallest absolute Gasteiger partial charge is 0.254 e. The number of halogens is 3. The van der Waals surface area contributed by atoms with Gasteiger partial charge in [0.15, 0.2) is 11.6 Å². The molecule has 1 fully saturated rings. The van der Waals surface area contributed by atoms with Crippen LogP contribution in [0, 0.1) is 18.6 Å². The monoisotopic (exact) mass is 382 g/mol. The standard InChI is InChI=1S/C19H20F2N2O2.ClH/c1-12-2-4-14(22)11-16(12)19(24)23-8-6-15(7-9-23)25-18-5-3-13(20)10-17(18)21;/h2-5,10-11,15H,6-9,22H2,1H3;1H. The van der Waals surface area contributed by atoms with Crippen LogP contribution in [0.15, 0.2) is 36.4 Å². The number of benzene rings is 2. The molecule has 2 N–H and O–H groups in total. The first kappa shape index (κ1) is 20.0. The molecule has 0 spiro atoms. The number of anilines is 1. The molecule has 2 aromatic rings. The predicted octanol–water partition coefficient (Wildman–Crippen LogP) is 3.96. The zero-order valence-electron chi connectivity index (χ0n) is 14.4. The summed E-state index contributed by atoms with van der Waals surface area (Å²) in [5.74, 6) is -1.37. The van der Waals surface area contributed by atoms with E-state index in [1.165, 1.54) is 12.1 Å². The molecule has 1 aliphatic heterocycles. The molecule has 7 heteroatoms. The Morgan fingerprint density at radius 3 is 2.50 bits per heavy atom. The highest BCUT2D eigenvalue weighted by atomic mass is 35.5. The Kier molecular flexibility index (Phi) is 6.42. The fourth-order valence-corrected chi connectivity index (χ4v) is 2.97. The lowest BCUT2D eigenvalue weighted by Gasteiger charge is -2.32. The number of ether oxygens (including phenoxy) is 1. The first-order chi connectivity index (χ1) is 11.9. The van der Waals surface area contributed by atoms with Crippen molar-refractivity contribution < 1.29 is 18.3 Å². The van der Waals surface area contributed by atoms with Crippen molar-refractivity contribution in [1.82, 2.24) is 4.90 Å². The molecule has 1 heterocycles. The Balaban J connectivity index is 0.00000243. The summed E-state index contributed by atoms with van der Waals surface area (Å²) in [5.41, 5.74) is 7.81. The number of rotatable bonds is 3. The minimum Gasteiger partial charge on any atom is -0.487 e. The summed E-state index contributed by atoms with van der Waals surface area (Å²) in [7, 11) is 0. The van der Waals surface area contributed by atoms with Gasteiger partial charge in [-0.15, -0.1) is 12.4 Å². The number of hydrogen-bond donors (Lipinski definition) is 1. The third-order valence-corrected chi connectivity index (χ3v) is 4.41. The summed E-state index contributed by atoms with van der Waals surface area (Å²) in [6.07, 6.45) is 0.972. The van der Waals surface area contributed by atoms with Crippen LogP contribution in [0.1, 0.15) is 28.8 Å². The molecule has 0 saturated carbocycles. The lowest BCUT2D eigenvalue weighted by Crippen LogP contribution is -2.42. The highest BCUT2D eigenvalue weighted by Gasteiger charge is 2.26. The van der Waals surface area contributed by atoms with E-state index in [0.717, 1.165) is 11.6 Å². The van der Waals surface area contributed by atoms with E-state index >= 15 is 0 Å². The van der Waals surface area contributed by atoms with Crippen molar-refractivity contribution in [3.8, 4) is 5.75 Å². The van der Waals surface area contributed by atoms with Gasteiger partial charge in [-0.3, -0.25) is 4.79 Å². The van der Waals surface area contributed by atoms with Crippen LogP contribution in [0.25, 0.3) is 0 Å². The molecule has 26 heavy (non-hydrogen) atoms. The summed E-state index contributed by atoms with van der Waals surface area (Å²) in [4.78, 5) is 14.4. The molecule has 0 unspecified atom stereocenters. The highest BCUT2D eigenvalue weighted by molar-refractivity contribution is 5.96. The van der Waals surface area contributed by atoms with Crippen LogP contribution in [0.4, 0.5) is 14.5 Å². The Morgan fingerprint density at radius 1 is 1.15 bits per heavy atom. The van der Waals surface area contributed by atoms with Gasteiger partial charge in [-0.25, -0.2) is 8.78 Å². The number of hydrogen-bond acceptors (Lipinski definition) is 3. The minimum absolute atomic E-state index is 0. The van der Waals surface area contributed by atoms with Crippen LogP contribution in [-0.2, 0) is 0 Å². The highest BCUT2D eigenvalue weighted by Crippen LogP contribution is 2.24. The van der Waals surface area contributed by atoms with E-state index < -0.39 is 11.6 Å². The second-order valence-corrected chi connectivity index (χ2v) is 6.26. The second-order valence-electron chi connectivity index (χ2n) is 6.26.